The van der Waals surface area contributed by atoms with Gasteiger partial charge < -0.3 is 20.2 Å². The van der Waals surface area contributed by atoms with Gasteiger partial charge in [0.1, 0.15) is 17.7 Å². The van der Waals surface area contributed by atoms with Crippen LogP contribution in [0.5, 0.6) is 0 Å². The molecule has 0 radical (unpaired) electrons. The molecule has 0 amide bonds. The number of anilines is 1. The molecule has 1 aromatic heterocycles. The highest BCUT2D eigenvalue weighted by molar-refractivity contribution is 5.41. The molecular weight excluding hydrogens is 373 g/mol. The van der Waals surface area contributed by atoms with Gasteiger partial charge in [0.2, 0.25) is 0 Å². The van der Waals surface area contributed by atoms with Crippen LogP contribution in [0.2, 0.25) is 0 Å². The van der Waals surface area contributed by atoms with E-state index in [9.17, 15) is 9.50 Å². The van der Waals surface area contributed by atoms with Crippen LogP contribution in [-0.2, 0) is 4.74 Å². The van der Waals surface area contributed by atoms with Crippen LogP contribution in [-0.4, -0.2) is 40.4 Å². The van der Waals surface area contributed by atoms with E-state index >= 15 is 0 Å². The van der Waals surface area contributed by atoms with Crippen molar-refractivity contribution < 1.29 is 14.2 Å². The second kappa shape index (κ2) is 8.12. The summed E-state index contributed by atoms with van der Waals surface area (Å²) in [6.45, 7) is 7.51. The van der Waals surface area contributed by atoms with Gasteiger partial charge in [0, 0.05) is 43.8 Å². The number of aromatic nitrogens is 2. The van der Waals surface area contributed by atoms with Gasteiger partial charge in [0.05, 0.1) is 11.7 Å². The average Bonchev–Trinajstić information content (AvgIpc) is 3.14. The highest BCUT2D eigenvalue weighted by atomic mass is 19.1. The second-order valence-corrected chi connectivity index (χ2v) is 8.25. The molecule has 1 saturated carbocycles. The van der Waals surface area contributed by atoms with Gasteiger partial charge in [-0.15, -0.1) is 0 Å². The van der Waals surface area contributed by atoms with Crippen molar-refractivity contribution in [2.75, 3.05) is 24.6 Å². The zero-order chi connectivity index (χ0) is 20.4. The summed E-state index contributed by atoms with van der Waals surface area (Å²) in [6.07, 6.45) is 7.83. The molecule has 0 unspecified atom stereocenters. The van der Waals surface area contributed by atoms with Gasteiger partial charge in [-0.2, -0.15) is 0 Å². The van der Waals surface area contributed by atoms with Crippen LogP contribution < -0.4 is 15.8 Å². The van der Waals surface area contributed by atoms with Gasteiger partial charge in [0.25, 0.3) is 0 Å². The summed E-state index contributed by atoms with van der Waals surface area (Å²) in [6, 6.07) is 1.88. The van der Waals surface area contributed by atoms with Crippen LogP contribution in [0, 0.1) is 5.92 Å². The number of ether oxygens (including phenoxy) is 1. The standard InChI is InChI=1S/C21H28FN5O2/c1-3-19(29-21(2)5-6-21)16(22)8-15-9-18(26-25-15)17-10-20(24-13-23-17)27-7-4-14(11-27)12-28/h3,8,10,13-14,18,25-26,28H,1,4-7,9,11-12H2,2H3/b15-8+,19-16-/t14-,18+/m0/s1. The summed E-state index contributed by atoms with van der Waals surface area (Å²) >= 11 is 0. The van der Waals surface area contributed by atoms with E-state index in [1.54, 1.807) is 6.33 Å². The SMILES string of the molecule is C=C/C(OC1(C)CC1)=C(F)\C=C1/C[C@H](c2cc(N3CC[C@H](CO)C3)ncn2)NN1. The lowest BCUT2D eigenvalue weighted by Gasteiger charge is -2.18. The number of halogens is 1. The second-order valence-electron chi connectivity index (χ2n) is 8.25. The maximum absolute atomic E-state index is 14.6. The minimum absolute atomic E-state index is 0.0823. The Morgan fingerprint density at radius 2 is 2.31 bits per heavy atom. The largest absolute Gasteiger partial charge is 0.485 e. The number of hydrazine groups is 1. The van der Waals surface area contributed by atoms with E-state index in [1.165, 1.54) is 12.2 Å². The van der Waals surface area contributed by atoms with E-state index in [4.69, 9.17) is 4.74 Å². The Labute approximate surface area is 170 Å². The van der Waals surface area contributed by atoms with Gasteiger partial charge in [0.15, 0.2) is 11.6 Å². The first-order valence-corrected chi connectivity index (χ1v) is 10.1. The van der Waals surface area contributed by atoms with Crippen molar-refractivity contribution in [3.8, 4) is 0 Å². The number of rotatable bonds is 7. The highest BCUT2D eigenvalue weighted by Gasteiger charge is 2.40. The van der Waals surface area contributed by atoms with Crippen molar-refractivity contribution in [2.45, 2.75) is 44.2 Å². The number of hydrogen-bond acceptors (Lipinski definition) is 7. The third kappa shape index (κ3) is 4.59. The summed E-state index contributed by atoms with van der Waals surface area (Å²) in [7, 11) is 0. The number of aliphatic hydroxyl groups is 1. The van der Waals surface area contributed by atoms with Crippen LogP contribution in [0.4, 0.5) is 10.2 Å². The predicted octanol–water partition coefficient (Wildman–Crippen LogP) is 2.65. The van der Waals surface area contributed by atoms with E-state index in [0.29, 0.717) is 12.3 Å². The van der Waals surface area contributed by atoms with E-state index in [0.717, 1.165) is 49.6 Å². The summed E-state index contributed by atoms with van der Waals surface area (Å²) in [5.74, 6) is 0.896. The minimum atomic E-state index is -0.437. The number of nitrogens with zero attached hydrogens (tertiary/aromatic N) is 3. The van der Waals surface area contributed by atoms with Crippen molar-refractivity contribution in [2.24, 2.45) is 5.92 Å². The molecule has 2 aliphatic heterocycles. The molecule has 3 N–H and O–H groups in total. The molecule has 0 bridgehead atoms. The van der Waals surface area contributed by atoms with Crippen LogP contribution in [0.1, 0.15) is 44.3 Å². The molecule has 7 nitrogen and oxygen atoms in total. The number of aliphatic hydroxyl groups excluding tert-OH is 1. The monoisotopic (exact) mass is 401 g/mol. The third-order valence-electron chi connectivity index (χ3n) is 5.76. The van der Waals surface area contributed by atoms with Crippen LogP contribution in [0.15, 0.2) is 48.4 Å². The van der Waals surface area contributed by atoms with Crippen LogP contribution in [0.3, 0.4) is 0 Å². The molecule has 4 rings (SSSR count). The molecule has 156 valence electrons. The quantitative estimate of drug-likeness (QED) is 0.479. The van der Waals surface area contributed by atoms with Crippen molar-refractivity contribution >= 4 is 5.82 Å². The van der Waals surface area contributed by atoms with E-state index in [2.05, 4.69) is 32.3 Å². The van der Waals surface area contributed by atoms with Crippen molar-refractivity contribution in [1.82, 2.24) is 20.8 Å². The molecule has 1 aliphatic carbocycles. The number of allylic oxidation sites excluding steroid dienone is 3. The first-order valence-electron chi connectivity index (χ1n) is 10.1. The first-order chi connectivity index (χ1) is 14.0. The molecule has 3 heterocycles. The van der Waals surface area contributed by atoms with E-state index in [-0.39, 0.29) is 24.0 Å². The molecular formula is C21H28FN5O2. The molecule has 1 aromatic rings. The fourth-order valence-electron chi connectivity index (χ4n) is 3.65. The van der Waals surface area contributed by atoms with E-state index in [1.807, 2.05) is 13.0 Å². The Morgan fingerprint density at radius 1 is 1.48 bits per heavy atom. The highest BCUT2D eigenvalue weighted by Crippen LogP contribution is 2.41. The molecule has 2 atom stereocenters. The maximum Gasteiger partial charge on any atom is 0.166 e. The first kappa shape index (κ1) is 19.8. The van der Waals surface area contributed by atoms with Crippen molar-refractivity contribution in [1.29, 1.82) is 0 Å². The van der Waals surface area contributed by atoms with Crippen molar-refractivity contribution in [3.05, 3.63) is 54.1 Å². The fraction of sp³-hybridized carbons (Fsp3) is 0.524. The van der Waals surface area contributed by atoms with Gasteiger partial charge in [-0.25, -0.2) is 19.8 Å². The molecule has 2 saturated heterocycles. The number of nitrogens with one attached hydrogen (secondary N) is 2. The average molecular weight is 401 g/mol. The summed E-state index contributed by atoms with van der Waals surface area (Å²) in [5, 5.41) is 9.35. The summed E-state index contributed by atoms with van der Waals surface area (Å²) in [4.78, 5) is 10.9. The normalized spacial score (nSPS) is 27.6. The molecule has 0 aromatic carbocycles. The van der Waals surface area contributed by atoms with Crippen molar-refractivity contribution in [3.63, 3.8) is 0 Å². The molecule has 3 fully saturated rings. The number of hydrogen-bond donors (Lipinski definition) is 3. The lowest BCUT2D eigenvalue weighted by molar-refractivity contribution is 0.114. The van der Waals surface area contributed by atoms with Crippen LogP contribution in [0.25, 0.3) is 0 Å². The van der Waals surface area contributed by atoms with Gasteiger partial charge in [-0.3, -0.25) is 0 Å². The minimum Gasteiger partial charge on any atom is -0.485 e. The Balaban J connectivity index is 1.44. The lowest BCUT2D eigenvalue weighted by atomic mass is 10.1. The smallest absolute Gasteiger partial charge is 0.166 e. The Kier molecular flexibility index (Phi) is 5.56. The Morgan fingerprint density at radius 3 is 3.00 bits per heavy atom. The molecule has 0 spiro atoms. The zero-order valence-corrected chi connectivity index (χ0v) is 16.7. The lowest BCUT2D eigenvalue weighted by Crippen LogP contribution is -2.26. The van der Waals surface area contributed by atoms with E-state index < -0.39 is 5.83 Å². The molecule has 8 heteroatoms. The Hall–Kier alpha value is -2.45. The Bertz CT molecular complexity index is 836. The summed E-state index contributed by atoms with van der Waals surface area (Å²) in [5.41, 5.74) is 7.50. The van der Waals surface area contributed by atoms with Gasteiger partial charge >= 0.3 is 0 Å². The molecule has 3 aliphatic rings. The predicted molar refractivity (Wildman–Crippen MR) is 108 cm³/mol. The van der Waals surface area contributed by atoms with Gasteiger partial charge in [-0.05, 0) is 38.3 Å². The summed E-state index contributed by atoms with van der Waals surface area (Å²) < 4.78 is 20.4. The topological polar surface area (TPSA) is 82.5 Å². The molecule has 29 heavy (non-hydrogen) atoms. The fourth-order valence-corrected chi connectivity index (χ4v) is 3.65. The zero-order valence-electron chi connectivity index (χ0n) is 16.7. The third-order valence-corrected chi connectivity index (χ3v) is 5.76. The van der Waals surface area contributed by atoms with Gasteiger partial charge in [-0.1, -0.05) is 6.58 Å². The maximum atomic E-state index is 14.6. The van der Waals surface area contributed by atoms with Crippen LogP contribution >= 0.6 is 0 Å².